The summed E-state index contributed by atoms with van der Waals surface area (Å²) in [5.74, 6) is -0.866. The van der Waals surface area contributed by atoms with Gasteiger partial charge in [-0.25, -0.2) is 4.79 Å². The van der Waals surface area contributed by atoms with Crippen LogP contribution in [-0.2, 0) is 7.05 Å². The van der Waals surface area contributed by atoms with Crippen LogP contribution in [0.1, 0.15) is 35.1 Å². The summed E-state index contributed by atoms with van der Waals surface area (Å²) in [6, 6.07) is 3.90. The van der Waals surface area contributed by atoms with E-state index in [9.17, 15) is 9.90 Å². The van der Waals surface area contributed by atoms with Gasteiger partial charge >= 0.3 is 5.97 Å². The summed E-state index contributed by atoms with van der Waals surface area (Å²) in [5.41, 5.74) is 3.27. The molecule has 0 amide bonds. The molecule has 0 spiro atoms. The van der Waals surface area contributed by atoms with E-state index in [4.69, 9.17) is 0 Å². The van der Waals surface area contributed by atoms with Gasteiger partial charge in [0, 0.05) is 24.8 Å². The zero-order valence-corrected chi connectivity index (χ0v) is 10.4. The number of aromatic carboxylic acids is 1. The molecular weight excluding hydrogens is 230 g/mol. The molecule has 94 valence electrons. The van der Waals surface area contributed by atoms with E-state index >= 15 is 0 Å². The van der Waals surface area contributed by atoms with Crippen LogP contribution in [0.5, 0.6) is 0 Å². The highest BCUT2D eigenvalue weighted by Gasteiger charge is 2.30. The molecule has 1 saturated carbocycles. The highest BCUT2D eigenvalue weighted by molar-refractivity contribution is 5.87. The van der Waals surface area contributed by atoms with Gasteiger partial charge in [-0.05, 0) is 31.9 Å². The molecule has 1 aliphatic rings. The number of rotatable bonds is 3. The number of carbonyl (C=O) groups is 1. The molecule has 5 nitrogen and oxygen atoms in total. The number of aromatic nitrogens is 3. The number of carboxylic acid groups (broad SMARTS) is 1. The van der Waals surface area contributed by atoms with E-state index in [1.807, 2.05) is 30.8 Å². The third-order valence-electron chi connectivity index (χ3n) is 3.34. The van der Waals surface area contributed by atoms with Crippen LogP contribution in [0, 0.1) is 6.92 Å². The van der Waals surface area contributed by atoms with Gasteiger partial charge in [0.05, 0.1) is 11.4 Å². The molecule has 1 fully saturated rings. The van der Waals surface area contributed by atoms with Crippen molar-refractivity contribution in [2.75, 3.05) is 0 Å². The highest BCUT2D eigenvalue weighted by Crippen LogP contribution is 2.40. The van der Waals surface area contributed by atoms with Crippen LogP contribution >= 0.6 is 0 Å². The lowest BCUT2D eigenvalue weighted by atomic mass is 10.2. The molecule has 0 aliphatic heterocycles. The number of hydrogen-bond acceptors (Lipinski definition) is 2. The molecule has 2 heterocycles. The Balaban J connectivity index is 2.17. The third kappa shape index (κ3) is 1.63. The van der Waals surface area contributed by atoms with Crippen LogP contribution in [0.3, 0.4) is 0 Å². The average Bonchev–Trinajstić information content (AvgIpc) is 2.95. The number of aryl methyl sites for hydroxylation is 2. The first-order valence-electron chi connectivity index (χ1n) is 6.03. The molecule has 0 aromatic carbocycles. The van der Waals surface area contributed by atoms with Crippen molar-refractivity contribution in [3.05, 3.63) is 29.7 Å². The summed E-state index contributed by atoms with van der Waals surface area (Å²) >= 11 is 0. The second kappa shape index (κ2) is 3.73. The van der Waals surface area contributed by atoms with Crippen molar-refractivity contribution in [2.24, 2.45) is 7.05 Å². The summed E-state index contributed by atoms with van der Waals surface area (Å²) in [4.78, 5) is 11.2. The minimum absolute atomic E-state index is 0.334. The van der Waals surface area contributed by atoms with E-state index in [1.165, 1.54) is 0 Å². The van der Waals surface area contributed by atoms with Gasteiger partial charge in [-0.15, -0.1) is 0 Å². The fourth-order valence-corrected chi connectivity index (χ4v) is 2.42. The van der Waals surface area contributed by atoms with Gasteiger partial charge in [-0.2, -0.15) is 5.10 Å². The topological polar surface area (TPSA) is 60.1 Å². The van der Waals surface area contributed by atoms with E-state index in [-0.39, 0.29) is 0 Å². The molecule has 5 heteroatoms. The van der Waals surface area contributed by atoms with Crippen LogP contribution in [0.4, 0.5) is 0 Å². The Kier molecular flexibility index (Phi) is 2.29. The SMILES string of the molecule is Cc1nn(C)cc1-c1ccc(C(=O)O)n1C1CC1. The van der Waals surface area contributed by atoms with Crippen molar-refractivity contribution in [2.45, 2.75) is 25.8 Å². The second-order valence-corrected chi connectivity index (χ2v) is 4.81. The minimum atomic E-state index is -0.866. The highest BCUT2D eigenvalue weighted by atomic mass is 16.4. The Hall–Kier alpha value is -2.04. The van der Waals surface area contributed by atoms with Crippen molar-refractivity contribution >= 4 is 5.97 Å². The predicted molar refractivity (Wildman–Crippen MR) is 66.6 cm³/mol. The quantitative estimate of drug-likeness (QED) is 0.902. The second-order valence-electron chi connectivity index (χ2n) is 4.81. The van der Waals surface area contributed by atoms with E-state index in [0.29, 0.717) is 11.7 Å². The number of nitrogens with zero attached hydrogens (tertiary/aromatic N) is 3. The molecule has 18 heavy (non-hydrogen) atoms. The largest absolute Gasteiger partial charge is 0.477 e. The van der Waals surface area contributed by atoms with Gasteiger partial charge in [0.15, 0.2) is 0 Å². The Morgan fingerprint density at radius 2 is 2.17 bits per heavy atom. The van der Waals surface area contributed by atoms with Crippen LogP contribution in [0.25, 0.3) is 11.3 Å². The lowest BCUT2D eigenvalue weighted by Gasteiger charge is -2.09. The molecule has 2 aromatic heterocycles. The van der Waals surface area contributed by atoms with Gasteiger partial charge in [0.2, 0.25) is 0 Å². The van der Waals surface area contributed by atoms with Crippen LogP contribution in [0.2, 0.25) is 0 Å². The molecule has 2 aromatic rings. The Labute approximate surface area is 105 Å². The summed E-state index contributed by atoms with van der Waals surface area (Å²) < 4.78 is 3.70. The smallest absolute Gasteiger partial charge is 0.352 e. The van der Waals surface area contributed by atoms with E-state index in [1.54, 1.807) is 10.7 Å². The zero-order valence-electron chi connectivity index (χ0n) is 10.4. The minimum Gasteiger partial charge on any atom is -0.477 e. The zero-order chi connectivity index (χ0) is 12.9. The molecule has 1 N–H and O–H groups in total. The molecule has 3 rings (SSSR count). The van der Waals surface area contributed by atoms with Gasteiger partial charge in [-0.3, -0.25) is 4.68 Å². The summed E-state index contributed by atoms with van der Waals surface area (Å²) in [6.45, 7) is 1.94. The van der Waals surface area contributed by atoms with Gasteiger partial charge in [0.1, 0.15) is 5.69 Å². The fraction of sp³-hybridized carbons (Fsp3) is 0.385. The first-order valence-corrected chi connectivity index (χ1v) is 6.03. The van der Waals surface area contributed by atoms with Crippen molar-refractivity contribution in [3.63, 3.8) is 0 Å². The van der Waals surface area contributed by atoms with Crippen LogP contribution < -0.4 is 0 Å². The molecule has 0 atom stereocenters. The van der Waals surface area contributed by atoms with Gasteiger partial charge in [-0.1, -0.05) is 0 Å². The van der Waals surface area contributed by atoms with Crippen molar-refractivity contribution in [1.29, 1.82) is 0 Å². The Morgan fingerprint density at radius 1 is 1.44 bits per heavy atom. The van der Waals surface area contributed by atoms with Crippen molar-refractivity contribution in [3.8, 4) is 11.3 Å². The Morgan fingerprint density at radius 3 is 2.67 bits per heavy atom. The molecule has 0 radical (unpaired) electrons. The molecule has 0 bridgehead atoms. The first kappa shape index (κ1) is 11.1. The normalized spacial score (nSPS) is 15.0. The number of carboxylic acids is 1. The number of hydrogen-bond donors (Lipinski definition) is 1. The maximum Gasteiger partial charge on any atom is 0.352 e. The molecular formula is C13H15N3O2. The van der Waals surface area contributed by atoms with E-state index in [0.717, 1.165) is 29.8 Å². The fourth-order valence-electron chi connectivity index (χ4n) is 2.42. The van der Waals surface area contributed by atoms with Gasteiger partial charge in [0.25, 0.3) is 0 Å². The molecule has 1 aliphatic carbocycles. The maximum atomic E-state index is 11.2. The lowest BCUT2D eigenvalue weighted by Crippen LogP contribution is -2.08. The van der Waals surface area contributed by atoms with E-state index in [2.05, 4.69) is 5.10 Å². The average molecular weight is 245 g/mol. The van der Waals surface area contributed by atoms with Crippen molar-refractivity contribution in [1.82, 2.24) is 14.3 Å². The molecule has 0 saturated heterocycles. The Bertz CT molecular complexity index is 620. The van der Waals surface area contributed by atoms with E-state index < -0.39 is 5.97 Å². The monoisotopic (exact) mass is 245 g/mol. The molecule has 0 unspecified atom stereocenters. The lowest BCUT2D eigenvalue weighted by molar-refractivity contribution is 0.0685. The first-order chi connectivity index (χ1) is 8.58. The third-order valence-corrected chi connectivity index (χ3v) is 3.34. The van der Waals surface area contributed by atoms with Crippen molar-refractivity contribution < 1.29 is 9.90 Å². The standard InChI is InChI=1S/C13H15N3O2/c1-8-10(7-15(2)14-8)11-5-6-12(13(17)18)16(11)9-3-4-9/h5-7,9H,3-4H2,1-2H3,(H,17,18). The maximum absolute atomic E-state index is 11.2. The van der Waals surface area contributed by atoms with Crippen LogP contribution in [-0.4, -0.2) is 25.4 Å². The van der Waals surface area contributed by atoms with Crippen LogP contribution in [0.15, 0.2) is 18.3 Å². The summed E-state index contributed by atoms with van der Waals surface area (Å²) in [6.07, 6.45) is 4.05. The summed E-state index contributed by atoms with van der Waals surface area (Å²) in [7, 11) is 1.87. The van der Waals surface area contributed by atoms with Gasteiger partial charge < -0.3 is 9.67 Å². The predicted octanol–water partition coefficient (Wildman–Crippen LogP) is 2.23. The summed E-state index contributed by atoms with van der Waals surface area (Å²) in [5, 5.41) is 13.6.